The molecular weight excluding hydrogens is 268 g/mol. The number of nitrogens with one attached hydrogen (secondary N) is 2. The van der Waals surface area contributed by atoms with Crippen molar-refractivity contribution in [1.29, 1.82) is 0 Å². The highest BCUT2D eigenvalue weighted by molar-refractivity contribution is 6.11. The van der Waals surface area contributed by atoms with E-state index in [1.807, 2.05) is 19.1 Å². The number of aliphatic hydroxyl groups is 1. The van der Waals surface area contributed by atoms with Crippen molar-refractivity contribution in [3.05, 3.63) is 41.2 Å². The molecule has 0 saturated carbocycles. The zero-order valence-electron chi connectivity index (χ0n) is 11.7. The van der Waals surface area contributed by atoms with Gasteiger partial charge in [0.05, 0.1) is 11.3 Å². The zero-order chi connectivity index (χ0) is 14.8. The van der Waals surface area contributed by atoms with Crippen molar-refractivity contribution in [2.75, 3.05) is 17.2 Å². The predicted molar refractivity (Wildman–Crippen MR) is 79.9 cm³/mol. The van der Waals surface area contributed by atoms with Crippen molar-refractivity contribution in [2.45, 2.75) is 19.8 Å². The molecule has 0 spiro atoms. The normalized spacial score (nSPS) is 12.8. The molecule has 0 aliphatic carbocycles. The highest BCUT2D eigenvalue weighted by atomic mass is 16.2. The highest BCUT2D eigenvalue weighted by Gasteiger charge is 2.22. The van der Waals surface area contributed by atoms with E-state index in [0.717, 1.165) is 11.1 Å². The molecular formula is C15H16N4O2. The van der Waals surface area contributed by atoms with Crippen molar-refractivity contribution in [1.82, 2.24) is 9.97 Å². The van der Waals surface area contributed by atoms with E-state index in [1.54, 1.807) is 12.4 Å². The van der Waals surface area contributed by atoms with Crippen LogP contribution in [-0.2, 0) is 6.42 Å². The first-order chi connectivity index (χ1) is 10.2. The lowest BCUT2D eigenvalue weighted by Crippen LogP contribution is -2.12. The van der Waals surface area contributed by atoms with E-state index in [0.29, 0.717) is 35.7 Å². The number of carbonyl (C=O) groups excluding carboxylic acids is 1. The molecule has 0 radical (unpaired) electrons. The number of fused-ring (bicyclic) bond motifs is 2. The lowest BCUT2D eigenvalue weighted by molar-refractivity contribution is 0.102. The van der Waals surface area contributed by atoms with Gasteiger partial charge in [-0.1, -0.05) is 0 Å². The van der Waals surface area contributed by atoms with Crippen LogP contribution in [0.3, 0.4) is 0 Å². The number of anilines is 3. The van der Waals surface area contributed by atoms with Gasteiger partial charge in [-0.15, -0.1) is 0 Å². The van der Waals surface area contributed by atoms with Crippen LogP contribution in [0.4, 0.5) is 17.3 Å². The van der Waals surface area contributed by atoms with Gasteiger partial charge in [-0.05, 0) is 43.0 Å². The number of hydrogen-bond donors (Lipinski definition) is 3. The van der Waals surface area contributed by atoms with Crippen molar-refractivity contribution in [3.63, 3.8) is 0 Å². The summed E-state index contributed by atoms with van der Waals surface area (Å²) in [5.74, 6) is 0.889. The lowest BCUT2D eigenvalue weighted by Gasteiger charge is -2.08. The third-order valence-corrected chi connectivity index (χ3v) is 3.45. The van der Waals surface area contributed by atoms with Gasteiger partial charge in [0.1, 0.15) is 5.82 Å². The van der Waals surface area contributed by atoms with Crippen molar-refractivity contribution in [2.24, 2.45) is 0 Å². The van der Waals surface area contributed by atoms with Crippen LogP contribution >= 0.6 is 0 Å². The maximum Gasteiger partial charge on any atom is 0.259 e. The number of nitrogens with zero attached hydrogens (tertiary/aromatic N) is 2. The molecule has 108 valence electrons. The molecule has 0 saturated heterocycles. The fourth-order valence-corrected chi connectivity index (χ4v) is 2.30. The summed E-state index contributed by atoms with van der Waals surface area (Å²) in [4.78, 5) is 20.9. The number of carbonyl (C=O) groups is 1. The van der Waals surface area contributed by atoms with Crippen LogP contribution in [0.2, 0.25) is 0 Å². The number of hydrogen-bond acceptors (Lipinski definition) is 5. The second kappa shape index (κ2) is 5.49. The first-order valence-electron chi connectivity index (χ1n) is 6.83. The maximum atomic E-state index is 12.4. The topological polar surface area (TPSA) is 87.1 Å². The second-order valence-corrected chi connectivity index (χ2v) is 5.00. The molecule has 0 fully saturated rings. The Hall–Kier alpha value is -2.47. The first kappa shape index (κ1) is 13.5. The van der Waals surface area contributed by atoms with E-state index in [2.05, 4.69) is 20.6 Å². The smallest absolute Gasteiger partial charge is 0.259 e. The molecule has 6 heteroatoms. The van der Waals surface area contributed by atoms with E-state index < -0.39 is 0 Å². The predicted octanol–water partition coefficient (Wildman–Crippen LogP) is 2.02. The first-order valence-corrected chi connectivity index (χ1v) is 6.83. The number of aryl methyl sites for hydroxylation is 2. The van der Waals surface area contributed by atoms with Gasteiger partial charge in [0.25, 0.3) is 5.91 Å². The monoisotopic (exact) mass is 284 g/mol. The fourth-order valence-electron chi connectivity index (χ4n) is 2.30. The summed E-state index contributed by atoms with van der Waals surface area (Å²) in [6.45, 7) is 2.04. The van der Waals surface area contributed by atoms with Crippen molar-refractivity contribution < 1.29 is 9.90 Å². The van der Waals surface area contributed by atoms with E-state index >= 15 is 0 Å². The third kappa shape index (κ3) is 2.57. The van der Waals surface area contributed by atoms with E-state index in [-0.39, 0.29) is 12.5 Å². The molecule has 2 aromatic heterocycles. The Morgan fingerprint density at radius 3 is 2.90 bits per heavy atom. The Kier molecular flexibility index (Phi) is 3.53. The minimum absolute atomic E-state index is 0.121. The van der Waals surface area contributed by atoms with Gasteiger partial charge in [-0.3, -0.25) is 4.79 Å². The SMILES string of the molecule is Cc1ccnc2c1NC(=O)c1cc(CCCO)cnc1N2. The molecule has 1 aliphatic rings. The summed E-state index contributed by atoms with van der Waals surface area (Å²) in [5.41, 5.74) is 3.03. The summed E-state index contributed by atoms with van der Waals surface area (Å²) in [7, 11) is 0. The molecule has 3 heterocycles. The van der Waals surface area contributed by atoms with Crippen LogP contribution in [0.15, 0.2) is 24.5 Å². The standard InChI is InChI=1S/C15H16N4O2/c1-9-4-5-16-14-12(9)18-15(21)11-7-10(3-2-6-20)8-17-13(11)19-14/h4-5,7-8,20H,2-3,6H2,1H3,(H,18,21)(H,16,17,19). The highest BCUT2D eigenvalue weighted by Crippen LogP contribution is 2.31. The molecule has 3 N–H and O–H groups in total. The lowest BCUT2D eigenvalue weighted by atomic mass is 10.1. The van der Waals surface area contributed by atoms with Crippen molar-refractivity contribution in [3.8, 4) is 0 Å². The summed E-state index contributed by atoms with van der Waals surface area (Å²) in [6.07, 6.45) is 4.74. The number of rotatable bonds is 3. The molecule has 1 amide bonds. The van der Waals surface area contributed by atoms with Gasteiger partial charge in [0.2, 0.25) is 0 Å². The van der Waals surface area contributed by atoms with Crippen LogP contribution in [0.5, 0.6) is 0 Å². The van der Waals surface area contributed by atoms with Crippen molar-refractivity contribution >= 4 is 23.2 Å². The van der Waals surface area contributed by atoms with Gasteiger partial charge in [0, 0.05) is 19.0 Å². The number of aromatic nitrogens is 2. The number of pyridine rings is 2. The van der Waals surface area contributed by atoms with Crippen LogP contribution < -0.4 is 10.6 Å². The summed E-state index contributed by atoms with van der Waals surface area (Å²) in [6, 6.07) is 3.65. The Bertz CT molecular complexity index is 700. The minimum Gasteiger partial charge on any atom is -0.396 e. The van der Waals surface area contributed by atoms with Crippen LogP contribution in [0, 0.1) is 6.92 Å². The molecule has 21 heavy (non-hydrogen) atoms. The molecule has 2 aromatic rings. The Labute approximate surface area is 122 Å². The van der Waals surface area contributed by atoms with Crippen LogP contribution in [0.25, 0.3) is 0 Å². The van der Waals surface area contributed by atoms with Gasteiger partial charge in [-0.25, -0.2) is 9.97 Å². The van der Waals surface area contributed by atoms with Crippen LogP contribution in [0.1, 0.15) is 27.9 Å². The summed E-state index contributed by atoms with van der Waals surface area (Å²) < 4.78 is 0. The average Bonchev–Trinajstić information content (AvgIpc) is 2.63. The zero-order valence-corrected chi connectivity index (χ0v) is 11.7. The van der Waals surface area contributed by atoms with Gasteiger partial charge < -0.3 is 15.7 Å². The number of amides is 1. The van der Waals surface area contributed by atoms with Crippen LogP contribution in [-0.4, -0.2) is 27.6 Å². The average molecular weight is 284 g/mol. The molecule has 0 atom stereocenters. The summed E-state index contributed by atoms with van der Waals surface area (Å²) in [5, 5.41) is 14.9. The molecule has 6 nitrogen and oxygen atoms in total. The third-order valence-electron chi connectivity index (χ3n) is 3.45. The fraction of sp³-hybridized carbons (Fsp3) is 0.267. The number of aliphatic hydroxyl groups excluding tert-OH is 1. The maximum absolute atomic E-state index is 12.4. The van der Waals surface area contributed by atoms with Gasteiger partial charge in [0.15, 0.2) is 5.82 Å². The molecule has 0 unspecified atom stereocenters. The Morgan fingerprint density at radius 2 is 2.10 bits per heavy atom. The Balaban J connectivity index is 2.00. The molecule has 0 aromatic carbocycles. The minimum atomic E-state index is -0.203. The largest absolute Gasteiger partial charge is 0.396 e. The van der Waals surface area contributed by atoms with E-state index in [9.17, 15) is 4.79 Å². The Morgan fingerprint density at radius 1 is 1.24 bits per heavy atom. The van der Waals surface area contributed by atoms with E-state index in [4.69, 9.17) is 5.11 Å². The molecule has 1 aliphatic heterocycles. The van der Waals surface area contributed by atoms with E-state index in [1.165, 1.54) is 0 Å². The second-order valence-electron chi connectivity index (χ2n) is 5.00. The van der Waals surface area contributed by atoms with Gasteiger partial charge in [-0.2, -0.15) is 0 Å². The van der Waals surface area contributed by atoms with Gasteiger partial charge >= 0.3 is 0 Å². The quantitative estimate of drug-likeness (QED) is 0.802. The molecule has 0 bridgehead atoms. The summed E-state index contributed by atoms with van der Waals surface area (Å²) >= 11 is 0. The molecule has 3 rings (SSSR count).